The summed E-state index contributed by atoms with van der Waals surface area (Å²) in [5.74, 6) is 0.483. The molecule has 0 radical (unpaired) electrons. The van der Waals surface area contributed by atoms with Crippen LogP contribution in [-0.4, -0.2) is 21.1 Å². The first-order chi connectivity index (χ1) is 7.91. The van der Waals surface area contributed by atoms with Crippen molar-refractivity contribution >= 4 is 5.78 Å². The molecule has 17 heavy (non-hydrogen) atoms. The lowest BCUT2D eigenvalue weighted by molar-refractivity contribution is -0.123. The molecule has 0 saturated heterocycles. The summed E-state index contributed by atoms with van der Waals surface area (Å²) in [6.45, 7) is 5.98. The zero-order chi connectivity index (χ0) is 12.6. The van der Waals surface area contributed by atoms with Gasteiger partial charge in [0, 0.05) is 12.2 Å². The Balaban J connectivity index is 2.02. The molecule has 1 heterocycles. The highest BCUT2D eigenvalue weighted by Gasteiger charge is 2.43. The van der Waals surface area contributed by atoms with Crippen LogP contribution in [0.1, 0.15) is 45.3 Å². The van der Waals surface area contributed by atoms with Crippen LogP contribution in [0.25, 0.3) is 0 Å². The Morgan fingerprint density at radius 1 is 1.65 bits per heavy atom. The second-order valence-electron chi connectivity index (χ2n) is 5.54. The van der Waals surface area contributed by atoms with Crippen molar-refractivity contribution in [1.29, 1.82) is 0 Å². The van der Waals surface area contributed by atoms with Gasteiger partial charge in [-0.1, -0.05) is 0 Å². The molecule has 2 rings (SSSR count). The number of ketones is 1. The van der Waals surface area contributed by atoms with Gasteiger partial charge in [0.2, 0.25) is 0 Å². The SMILES string of the molecule is CC(C)n1ccc(CC(=O)C(C)(N)C2CC2)n1. The average Bonchev–Trinajstić information content (AvgIpc) is 3.00. The Labute approximate surface area is 102 Å². The average molecular weight is 235 g/mol. The van der Waals surface area contributed by atoms with E-state index in [0.717, 1.165) is 18.5 Å². The molecule has 0 amide bonds. The molecule has 0 spiro atoms. The van der Waals surface area contributed by atoms with Gasteiger partial charge in [-0.05, 0) is 45.6 Å². The molecule has 2 N–H and O–H groups in total. The first-order valence-electron chi connectivity index (χ1n) is 6.27. The monoisotopic (exact) mass is 235 g/mol. The van der Waals surface area contributed by atoms with Crippen LogP contribution in [0.3, 0.4) is 0 Å². The minimum absolute atomic E-state index is 0.106. The largest absolute Gasteiger partial charge is 0.319 e. The maximum atomic E-state index is 12.1. The van der Waals surface area contributed by atoms with Crippen molar-refractivity contribution in [2.24, 2.45) is 11.7 Å². The van der Waals surface area contributed by atoms with E-state index in [0.29, 0.717) is 18.4 Å². The number of carbonyl (C=O) groups excluding carboxylic acids is 1. The second-order valence-corrected chi connectivity index (χ2v) is 5.54. The fourth-order valence-corrected chi connectivity index (χ4v) is 2.02. The Hall–Kier alpha value is -1.16. The van der Waals surface area contributed by atoms with Crippen LogP contribution < -0.4 is 5.73 Å². The topological polar surface area (TPSA) is 60.9 Å². The van der Waals surface area contributed by atoms with Crippen LogP contribution in [0, 0.1) is 5.92 Å². The lowest BCUT2D eigenvalue weighted by Crippen LogP contribution is -2.48. The van der Waals surface area contributed by atoms with Gasteiger partial charge in [-0.15, -0.1) is 0 Å². The highest BCUT2D eigenvalue weighted by Crippen LogP contribution is 2.38. The number of aromatic nitrogens is 2. The maximum absolute atomic E-state index is 12.1. The molecule has 0 aliphatic heterocycles. The van der Waals surface area contributed by atoms with Crippen molar-refractivity contribution in [1.82, 2.24) is 9.78 Å². The molecule has 1 aliphatic carbocycles. The molecule has 0 bridgehead atoms. The zero-order valence-corrected chi connectivity index (χ0v) is 10.8. The molecule has 1 aromatic heterocycles. The van der Waals surface area contributed by atoms with E-state index >= 15 is 0 Å². The number of Topliss-reactive ketones (excluding diaryl/α,β-unsaturated/α-hetero) is 1. The summed E-state index contributed by atoms with van der Waals surface area (Å²) in [4.78, 5) is 12.1. The van der Waals surface area contributed by atoms with Crippen molar-refractivity contribution in [2.45, 2.75) is 51.6 Å². The fourth-order valence-electron chi connectivity index (χ4n) is 2.02. The number of hydrogen-bond donors (Lipinski definition) is 1. The minimum Gasteiger partial charge on any atom is -0.319 e. The fraction of sp³-hybridized carbons (Fsp3) is 0.692. The van der Waals surface area contributed by atoms with Crippen LogP contribution in [0.5, 0.6) is 0 Å². The first-order valence-corrected chi connectivity index (χ1v) is 6.27. The summed E-state index contributed by atoms with van der Waals surface area (Å²) in [5, 5.41) is 4.38. The van der Waals surface area contributed by atoms with Crippen LogP contribution >= 0.6 is 0 Å². The zero-order valence-electron chi connectivity index (χ0n) is 10.8. The molecular weight excluding hydrogens is 214 g/mol. The van der Waals surface area contributed by atoms with E-state index < -0.39 is 5.54 Å². The van der Waals surface area contributed by atoms with Gasteiger partial charge >= 0.3 is 0 Å². The second kappa shape index (κ2) is 4.26. The predicted molar refractivity (Wildman–Crippen MR) is 66.6 cm³/mol. The molecule has 1 aromatic rings. The van der Waals surface area contributed by atoms with E-state index in [1.807, 2.05) is 23.9 Å². The molecule has 1 atom stereocenters. The van der Waals surface area contributed by atoms with E-state index in [4.69, 9.17) is 5.73 Å². The molecule has 4 nitrogen and oxygen atoms in total. The summed E-state index contributed by atoms with van der Waals surface area (Å²) < 4.78 is 1.87. The van der Waals surface area contributed by atoms with Crippen LogP contribution in [0.4, 0.5) is 0 Å². The van der Waals surface area contributed by atoms with Crippen LogP contribution in [-0.2, 0) is 11.2 Å². The van der Waals surface area contributed by atoms with Gasteiger partial charge in [0.15, 0.2) is 5.78 Å². The molecule has 1 fully saturated rings. The summed E-state index contributed by atoms with van der Waals surface area (Å²) >= 11 is 0. The maximum Gasteiger partial charge on any atom is 0.158 e. The Morgan fingerprint density at radius 2 is 2.29 bits per heavy atom. The summed E-state index contributed by atoms with van der Waals surface area (Å²) in [6.07, 6.45) is 4.43. The molecule has 94 valence electrons. The molecule has 4 heteroatoms. The molecule has 1 unspecified atom stereocenters. The highest BCUT2D eigenvalue weighted by molar-refractivity contribution is 5.90. The van der Waals surface area contributed by atoms with Gasteiger partial charge in [-0.25, -0.2) is 0 Å². The Morgan fingerprint density at radius 3 is 2.76 bits per heavy atom. The number of nitrogens with two attached hydrogens (primary N) is 1. The lowest BCUT2D eigenvalue weighted by Gasteiger charge is -2.22. The normalized spacial score (nSPS) is 19.4. The van der Waals surface area contributed by atoms with Crippen LogP contribution in [0.2, 0.25) is 0 Å². The van der Waals surface area contributed by atoms with Crippen molar-refractivity contribution in [2.75, 3.05) is 0 Å². The highest BCUT2D eigenvalue weighted by atomic mass is 16.1. The smallest absolute Gasteiger partial charge is 0.158 e. The van der Waals surface area contributed by atoms with Crippen molar-refractivity contribution in [3.8, 4) is 0 Å². The molecular formula is C13H21N3O. The number of carbonyl (C=O) groups is 1. The lowest BCUT2D eigenvalue weighted by atomic mass is 9.89. The van der Waals surface area contributed by atoms with E-state index in [1.165, 1.54) is 0 Å². The molecule has 1 saturated carbocycles. The third-order valence-corrected chi connectivity index (χ3v) is 3.56. The summed E-state index contributed by atoms with van der Waals surface area (Å²) in [6, 6.07) is 2.23. The molecule has 0 aromatic carbocycles. The minimum atomic E-state index is -0.665. The Kier molecular flexibility index (Phi) is 3.08. The van der Waals surface area contributed by atoms with Crippen molar-refractivity contribution in [3.63, 3.8) is 0 Å². The van der Waals surface area contributed by atoms with Gasteiger partial charge in [-0.2, -0.15) is 5.10 Å². The van der Waals surface area contributed by atoms with E-state index in [2.05, 4.69) is 18.9 Å². The third-order valence-electron chi connectivity index (χ3n) is 3.56. The predicted octanol–water partition coefficient (Wildman–Crippen LogP) is 1.70. The summed E-state index contributed by atoms with van der Waals surface area (Å²) in [7, 11) is 0. The van der Waals surface area contributed by atoms with Crippen molar-refractivity contribution < 1.29 is 4.79 Å². The van der Waals surface area contributed by atoms with Gasteiger partial charge in [0.1, 0.15) is 0 Å². The quantitative estimate of drug-likeness (QED) is 0.845. The number of hydrogen-bond acceptors (Lipinski definition) is 3. The number of nitrogens with zero attached hydrogens (tertiary/aromatic N) is 2. The van der Waals surface area contributed by atoms with Gasteiger partial charge in [0.25, 0.3) is 0 Å². The van der Waals surface area contributed by atoms with Gasteiger partial charge < -0.3 is 5.73 Å². The Bertz CT molecular complexity index is 416. The van der Waals surface area contributed by atoms with E-state index in [1.54, 1.807) is 0 Å². The number of rotatable bonds is 5. The summed E-state index contributed by atoms with van der Waals surface area (Å²) in [5.41, 5.74) is 6.25. The third kappa shape index (κ3) is 2.57. The van der Waals surface area contributed by atoms with E-state index in [9.17, 15) is 4.79 Å². The van der Waals surface area contributed by atoms with Gasteiger partial charge in [0.05, 0.1) is 17.7 Å². The standard InChI is InChI=1S/C13H21N3O/c1-9(2)16-7-6-11(15-16)8-12(17)13(3,14)10-4-5-10/h6-7,9-10H,4-5,8,14H2,1-3H3. The molecule has 1 aliphatic rings. The van der Waals surface area contributed by atoms with Crippen LogP contribution in [0.15, 0.2) is 12.3 Å². The van der Waals surface area contributed by atoms with E-state index in [-0.39, 0.29) is 5.78 Å². The van der Waals surface area contributed by atoms with Crippen molar-refractivity contribution in [3.05, 3.63) is 18.0 Å². The van der Waals surface area contributed by atoms with Gasteiger partial charge in [-0.3, -0.25) is 9.48 Å². The first kappa shape index (κ1) is 12.3.